The maximum Gasteiger partial charge on any atom is 0.255 e. The molecule has 1 atom stereocenters. The Bertz CT molecular complexity index is 1210. The third-order valence-electron chi connectivity index (χ3n) is 5.17. The lowest BCUT2D eigenvalue weighted by Gasteiger charge is -2.21. The summed E-state index contributed by atoms with van der Waals surface area (Å²) in [6.45, 7) is 1.80. The highest BCUT2D eigenvalue weighted by Crippen LogP contribution is 2.29. The van der Waals surface area contributed by atoms with Gasteiger partial charge < -0.3 is 14.6 Å². The minimum absolute atomic E-state index is 0.301. The van der Waals surface area contributed by atoms with Crippen molar-refractivity contribution in [1.29, 1.82) is 0 Å². The minimum Gasteiger partial charge on any atom is -0.496 e. The average Bonchev–Trinajstić information content (AvgIpc) is 3.38. The summed E-state index contributed by atoms with van der Waals surface area (Å²) in [5.41, 5.74) is 2.51. The molecule has 0 radical (unpaired) electrons. The molecule has 31 heavy (non-hydrogen) atoms. The average molecular weight is 419 g/mol. The molecule has 4 aromatic rings. The molecule has 2 aromatic heterocycles. The Morgan fingerprint density at radius 2 is 1.90 bits per heavy atom. The summed E-state index contributed by atoms with van der Waals surface area (Å²) >= 11 is 0. The summed E-state index contributed by atoms with van der Waals surface area (Å²) < 4.78 is 22.2. The number of amides is 1. The lowest BCUT2D eigenvalue weighted by molar-refractivity contribution is 0.0940. The number of nitrogens with zero attached hydrogens (tertiary/aromatic N) is 4. The highest BCUT2D eigenvalue weighted by atomic mass is 19.1. The number of aromatic nitrogens is 4. The van der Waals surface area contributed by atoms with Crippen molar-refractivity contribution < 1.29 is 13.9 Å². The zero-order chi connectivity index (χ0) is 22.0. The van der Waals surface area contributed by atoms with Crippen LogP contribution in [-0.2, 0) is 7.05 Å². The third-order valence-corrected chi connectivity index (χ3v) is 5.17. The lowest BCUT2D eigenvalue weighted by atomic mass is 10.0. The van der Waals surface area contributed by atoms with Crippen LogP contribution in [0.25, 0.3) is 5.69 Å². The fourth-order valence-electron chi connectivity index (χ4n) is 3.53. The number of hydrogen-bond donors (Lipinski definition) is 1. The van der Waals surface area contributed by atoms with Gasteiger partial charge in [-0.1, -0.05) is 18.2 Å². The van der Waals surface area contributed by atoms with Gasteiger partial charge in [-0.15, -0.1) is 0 Å². The molecule has 0 aliphatic rings. The van der Waals surface area contributed by atoms with Gasteiger partial charge in [0.1, 0.15) is 23.4 Å². The monoisotopic (exact) mass is 419 g/mol. The van der Waals surface area contributed by atoms with Gasteiger partial charge in [-0.25, -0.2) is 14.1 Å². The Morgan fingerprint density at radius 1 is 1.16 bits per heavy atom. The number of carbonyl (C=O) groups is 1. The SMILES string of the molecule is COc1ccccc1C(NC(=O)c1cnn(-c2ccc(F)cc2)c1C)c1nccn1C. The van der Waals surface area contributed by atoms with E-state index in [2.05, 4.69) is 15.4 Å². The number of nitrogens with one attached hydrogen (secondary N) is 1. The number of rotatable bonds is 6. The minimum atomic E-state index is -0.530. The number of hydrogen-bond acceptors (Lipinski definition) is 4. The molecule has 0 spiro atoms. The first-order chi connectivity index (χ1) is 15.0. The second-order valence-electron chi connectivity index (χ2n) is 7.08. The maximum atomic E-state index is 13.3. The first kappa shape index (κ1) is 20.3. The van der Waals surface area contributed by atoms with Crippen molar-refractivity contribution in [2.24, 2.45) is 7.05 Å². The first-order valence-electron chi connectivity index (χ1n) is 9.71. The highest BCUT2D eigenvalue weighted by Gasteiger charge is 2.26. The van der Waals surface area contributed by atoms with Crippen molar-refractivity contribution in [3.63, 3.8) is 0 Å². The third kappa shape index (κ3) is 3.92. The van der Waals surface area contributed by atoms with Crippen molar-refractivity contribution in [3.8, 4) is 11.4 Å². The number of para-hydroxylation sites is 1. The molecule has 0 saturated carbocycles. The Labute approximate surface area is 179 Å². The van der Waals surface area contributed by atoms with Crippen LogP contribution in [0.4, 0.5) is 4.39 Å². The van der Waals surface area contributed by atoms with Gasteiger partial charge in [0.25, 0.3) is 5.91 Å². The van der Waals surface area contributed by atoms with Crippen LogP contribution in [0.5, 0.6) is 5.75 Å². The van der Waals surface area contributed by atoms with E-state index >= 15 is 0 Å². The van der Waals surface area contributed by atoms with Crippen molar-refractivity contribution >= 4 is 5.91 Å². The predicted octanol–water partition coefficient (Wildman–Crippen LogP) is 3.58. The van der Waals surface area contributed by atoms with Crippen LogP contribution in [0, 0.1) is 12.7 Å². The smallest absolute Gasteiger partial charge is 0.255 e. The van der Waals surface area contributed by atoms with Crippen molar-refractivity contribution in [2.75, 3.05) is 7.11 Å². The van der Waals surface area contributed by atoms with Gasteiger partial charge >= 0.3 is 0 Å². The van der Waals surface area contributed by atoms with Gasteiger partial charge in [0.15, 0.2) is 0 Å². The fourth-order valence-corrected chi connectivity index (χ4v) is 3.53. The van der Waals surface area contributed by atoms with E-state index in [-0.39, 0.29) is 11.7 Å². The van der Waals surface area contributed by atoms with Gasteiger partial charge in [0, 0.05) is 25.0 Å². The molecule has 1 N–H and O–H groups in total. The van der Waals surface area contributed by atoms with Crippen LogP contribution >= 0.6 is 0 Å². The number of aryl methyl sites for hydroxylation is 1. The van der Waals surface area contributed by atoms with Crippen molar-refractivity contribution in [1.82, 2.24) is 24.6 Å². The molecule has 2 aromatic carbocycles. The van der Waals surface area contributed by atoms with Gasteiger partial charge in [0.05, 0.1) is 30.3 Å². The summed E-state index contributed by atoms with van der Waals surface area (Å²) in [4.78, 5) is 17.7. The molecule has 1 amide bonds. The van der Waals surface area contributed by atoms with Crippen LogP contribution < -0.4 is 10.1 Å². The van der Waals surface area contributed by atoms with Crippen LogP contribution in [-0.4, -0.2) is 32.3 Å². The summed E-state index contributed by atoms with van der Waals surface area (Å²) in [6, 6.07) is 12.9. The van der Waals surface area contributed by atoms with Crippen molar-refractivity contribution in [3.05, 3.63) is 95.6 Å². The maximum absolute atomic E-state index is 13.3. The van der Waals surface area contributed by atoms with E-state index in [1.807, 2.05) is 42.1 Å². The van der Waals surface area contributed by atoms with E-state index in [1.54, 1.807) is 37.0 Å². The zero-order valence-corrected chi connectivity index (χ0v) is 17.4. The molecule has 1 unspecified atom stereocenters. The van der Waals surface area contributed by atoms with Gasteiger partial charge in [-0.3, -0.25) is 4.79 Å². The molecule has 7 nitrogen and oxygen atoms in total. The molecule has 8 heteroatoms. The normalized spacial score (nSPS) is 11.9. The molecule has 4 rings (SSSR count). The van der Waals surface area contributed by atoms with E-state index in [9.17, 15) is 9.18 Å². The van der Waals surface area contributed by atoms with E-state index in [1.165, 1.54) is 18.3 Å². The highest BCUT2D eigenvalue weighted by molar-refractivity contribution is 5.95. The molecule has 0 saturated heterocycles. The second-order valence-corrected chi connectivity index (χ2v) is 7.08. The quantitative estimate of drug-likeness (QED) is 0.518. The standard InChI is InChI=1S/C23H22FN5O2/c1-15-19(14-26-29(15)17-10-8-16(24)9-11-17)23(30)27-21(22-25-12-13-28(22)2)18-6-4-5-7-20(18)31-3/h4-14,21H,1-3H3,(H,27,30). The van der Waals surface area contributed by atoms with E-state index in [0.717, 1.165) is 5.56 Å². The zero-order valence-electron chi connectivity index (χ0n) is 17.4. The van der Waals surface area contributed by atoms with Crippen LogP contribution in [0.2, 0.25) is 0 Å². The Morgan fingerprint density at radius 3 is 2.58 bits per heavy atom. The van der Waals surface area contributed by atoms with E-state index in [4.69, 9.17) is 4.74 Å². The number of methoxy groups -OCH3 is 1. The topological polar surface area (TPSA) is 74.0 Å². The molecule has 158 valence electrons. The van der Waals surface area contributed by atoms with E-state index in [0.29, 0.717) is 28.5 Å². The number of benzene rings is 2. The van der Waals surface area contributed by atoms with Gasteiger partial charge in [0.2, 0.25) is 0 Å². The molecule has 0 aliphatic heterocycles. The Kier molecular flexibility index (Phi) is 5.53. The summed E-state index contributed by atoms with van der Waals surface area (Å²) in [7, 11) is 3.46. The Hall–Kier alpha value is -3.94. The Balaban J connectivity index is 1.69. The molecular weight excluding hydrogens is 397 g/mol. The van der Waals surface area contributed by atoms with Crippen LogP contribution in [0.15, 0.2) is 67.1 Å². The van der Waals surface area contributed by atoms with Gasteiger partial charge in [-0.2, -0.15) is 5.10 Å². The lowest BCUT2D eigenvalue weighted by Crippen LogP contribution is -2.31. The number of ether oxygens (including phenoxy) is 1. The van der Waals surface area contributed by atoms with Crippen molar-refractivity contribution in [2.45, 2.75) is 13.0 Å². The van der Waals surface area contributed by atoms with E-state index < -0.39 is 6.04 Å². The molecule has 0 aliphatic carbocycles. The molecular formula is C23H22FN5O2. The summed E-state index contributed by atoms with van der Waals surface area (Å²) in [5, 5.41) is 7.39. The fraction of sp³-hybridized carbons (Fsp3) is 0.174. The predicted molar refractivity (Wildman–Crippen MR) is 114 cm³/mol. The molecule has 2 heterocycles. The summed E-state index contributed by atoms with van der Waals surface area (Å²) in [5.74, 6) is 0.682. The molecule has 0 fully saturated rings. The number of carbonyl (C=O) groups excluding carboxylic acids is 1. The van der Waals surface area contributed by atoms with Gasteiger partial charge in [-0.05, 0) is 37.3 Å². The van der Waals surface area contributed by atoms with Crippen LogP contribution in [0.3, 0.4) is 0 Å². The number of imidazole rings is 1. The van der Waals surface area contributed by atoms with Crippen LogP contribution in [0.1, 0.15) is 33.5 Å². The largest absolute Gasteiger partial charge is 0.496 e. The molecule has 0 bridgehead atoms. The second kappa shape index (κ2) is 8.43. The number of halogens is 1. The summed E-state index contributed by atoms with van der Waals surface area (Å²) in [6.07, 6.45) is 5.01. The first-order valence-corrected chi connectivity index (χ1v) is 9.71.